The Bertz CT molecular complexity index is 932. The minimum atomic E-state index is 0.0682. The Balaban J connectivity index is 1.65. The zero-order valence-corrected chi connectivity index (χ0v) is 15.7. The van der Waals surface area contributed by atoms with Crippen molar-refractivity contribution in [3.8, 4) is 11.3 Å². The number of halogens is 1. The molecule has 1 aromatic carbocycles. The van der Waals surface area contributed by atoms with Gasteiger partial charge in [-0.15, -0.1) is 11.3 Å². The zero-order valence-electron chi connectivity index (χ0n) is 14.1. The van der Waals surface area contributed by atoms with Crippen LogP contribution in [0.2, 0.25) is 5.02 Å². The number of nitrogens with zero attached hydrogens (tertiary/aromatic N) is 4. The van der Waals surface area contributed by atoms with Crippen LogP contribution in [0.1, 0.15) is 16.9 Å². The zero-order chi connectivity index (χ0) is 17.6. The molecule has 2 aromatic heterocycles. The Morgan fingerprint density at radius 1 is 1.36 bits per heavy atom. The molecule has 0 radical (unpaired) electrons. The molecule has 4 rings (SSSR count). The molecule has 1 aliphatic rings. The van der Waals surface area contributed by atoms with Gasteiger partial charge >= 0.3 is 0 Å². The summed E-state index contributed by atoms with van der Waals surface area (Å²) >= 11 is 7.76. The minimum absolute atomic E-state index is 0.0682. The molecule has 5 nitrogen and oxygen atoms in total. The Kier molecular flexibility index (Phi) is 4.27. The molecule has 1 fully saturated rings. The second kappa shape index (κ2) is 6.44. The lowest BCUT2D eigenvalue weighted by atomic mass is 10.2. The lowest BCUT2D eigenvalue weighted by molar-refractivity contribution is 0.0776. The maximum absolute atomic E-state index is 12.9. The van der Waals surface area contributed by atoms with Gasteiger partial charge in [-0.05, 0) is 26.6 Å². The van der Waals surface area contributed by atoms with E-state index in [0.717, 1.165) is 35.7 Å². The van der Waals surface area contributed by atoms with Gasteiger partial charge in [-0.25, -0.2) is 4.98 Å². The van der Waals surface area contributed by atoms with E-state index in [1.165, 1.54) is 11.3 Å². The van der Waals surface area contributed by atoms with Crippen molar-refractivity contribution in [3.05, 3.63) is 46.6 Å². The molecule has 0 aliphatic carbocycles. The molecule has 0 spiro atoms. The highest BCUT2D eigenvalue weighted by molar-refractivity contribution is 7.15. The summed E-state index contributed by atoms with van der Waals surface area (Å²) in [5, 5.41) is 2.55. The van der Waals surface area contributed by atoms with E-state index in [0.29, 0.717) is 16.8 Å². The molecule has 0 bridgehead atoms. The number of likely N-dealkylation sites (tertiary alicyclic amines) is 1. The standard InChI is InChI=1S/C18H19ClN4OS/c1-21(2)12-7-8-22(9-12)17(24)16-11-25-18-20-15(10-23(16)18)13-5-3-4-6-14(13)19/h3-6,10-12H,7-9H2,1-2H3/t12-/m1/s1. The van der Waals surface area contributed by atoms with Crippen molar-refractivity contribution in [2.24, 2.45) is 0 Å². The van der Waals surface area contributed by atoms with Crippen LogP contribution >= 0.6 is 22.9 Å². The van der Waals surface area contributed by atoms with Gasteiger partial charge in [-0.2, -0.15) is 0 Å². The van der Waals surface area contributed by atoms with E-state index in [1.54, 1.807) is 0 Å². The van der Waals surface area contributed by atoms with Gasteiger partial charge < -0.3 is 9.80 Å². The summed E-state index contributed by atoms with van der Waals surface area (Å²) in [4.78, 5) is 22.5. The third kappa shape index (κ3) is 2.94. The highest BCUT2D eigenvalue weighted by atomic mass is 35.5. The van der Waals surface area contributed by atoms with Gasteiger partial charge in [0.25, 0.3) is 5.91 Å². The number of carbonyl (C=O) groups excluding carboxylic acids is 1. The summed E-state index contributed by atoms with van der Waals surface area (Å²) < 4.78 is 1.88. The number of thiazole rings is 1. The predicted molar refractivity (Wildman–Crippen MR) is 102 cm³/mol. The third-order valence-electron chi connectivity index (χ3n) is 4.76. The van der Waals surface area contributed by atoms with E-state index in [1.807, 2.05) is 45.1 Å². The molecule has 25 heavy (non-hydrogen) atoms. The monoisotopic (exact) mass is 374 g/mol. The number of benzene rings is 1. The molecular formula is C18H19ClN4OS. The van der Waals surface area contributed by atoms with Gasteiger partial charge in [0.15, 0.2) is 4.96 Å². The average molecular weight is 375 g/mol. The van der Waals surface area contributed by atoms with Gasteiger partial charge in [-0.1, -0.05) is 29.8 Å². The normalized spacial score (nSPS) is 17.8. The first-order valence-electron chi connectivity index (χ1n) is 8.22. The molecule has 130 valence electrons. The van der Waals surface area contributed by atoms with Crippen LogP contribution in [-0.4, -0.2) is 58.3 Å². The van der Waals surface area contributed by atoms with Gasteiger partial charge in [0.2, 0.25) is 0 Å². The fourth-order valence-corrected chi connectivity index (χ4v) is 4.33. The van der Waals surface area contributed by atoms with Crippen LogP contribution in [0.25, 0.3) is 16.2 Å². The second-order valence-electron chi connectivity index (χ2n) is 6.54. The number of hydrogen-bond acceptors (Lipinski definition) is 4. The lowest BCUT2D eigenvalue weighted by Gasteiger charge is -2.20. The molecule has 0 N–H and O–H groups in total. The highest BCUT2D eigenvalue weighted by Crippen LogP contribution is 2.29. The van der Waals surface area contributed by atoms with Gasteiger partial charge in [0, 0.05) is 36.3 Å². The SMILES string of the molecule is CN(C)[C@@H]1CCN(C(=O)c2csc3nc(-c4ccccc4Cl)cn23)C1. The molecule has 1 amide bonds. The first-order valence-corrected chi connectivity index (χ1v) is 9.47. The van der Waals surface area contributed by atoms with Crippen LogP contribution in [0, 0.1) is 0 Å². The van der Waals surface area contributed by atoms with Crippen molar-refractivity contribution in [1.82, 2.24) is 19.2 Å². The first kappa shape index (κ1) is 16.6. The largest absolute Gasteiger partial charge is 0.336 e. The molecule has 3 heterocycles. The number of amides is 1. The molecular weight excluding hydrogens is 356 g/mol. The van der Waals surface area contributed by atoms with Crippen molar-refractivity contribution in [1.29, 1.82) is 0 Å². The van der Waals surface area contributed by atoms with E-state index in [9.17, 15) is 4.79 Å². The van der Waals surface area contributed by atoms with Crippen molar-refractivity contribution in [2.45, 2.75) is 12.5 Å². The minimum Gasteiger partial charge on any atom is -0.336 e. The highest BCUT2D eigenvalue weighted by Gasteiger charge is 2.29. The Hall–Kier alpha value is -1.89. The van der Waals surface area contributed by atoms with E-state index in [2.05, 4.69) is 24.0 Å². The number of hydrogen-bond donors (Lipinski definition) is 0. The van der Waals surface area contributed by atoms with Crippen molar-refractivity contribution in [3.63, 3.8) is 0 Å². The number of likely N-dealkylation sites (N-methyl/N-ethyl adjacent to an activating group) is 1. The van der Waals surface area contributed by atoms with Crippen LogP contribution in [0.4, 0.5) is 0 Å². The Morgan fingerprint density at radius 3 is 2.88 bits per heavy atom. The Morgan fingerprint density at radius 2 is 2.16 bits per heavy atom. The molecule has 7 heteroatoms. The Labute approximate surface area is 155 Å². The van der Waals surface area contributed by atoms with Crippen LogP contribution in [-0.2, 0) is 0 Å². The smallest absolute Gasteiger partial charge is 0.271 e. The van der Waals surface area contributed by atoms with Crippen LogP contribution in [0.15, 0.2) is 35.8 Å². The van der Waals surface area contributed by atoms with Gasteiger partial charge in [0.1, 0.15) is 5.69 Å². The van der Waals surface area contributed by atoms with E-state index < -0.39 is 0 Å². The second-order valence-corrected chi connectivity index (χ2v) is 7.78. The fraction of sp³-hybridized carbons (Fsp3) is 0.333. The van der Waals surface area contributed by atoms with Crippen LogP contribution < -0.4 is 0 Å². The number of carbonyl (C=O) groups is 1. The summed E-state index contributed by atoms with van der Waals surface area (Å²) in [6, 6.07) is 8.06. The molecule has 3 aromatic rings. The predicted octanol–water partition coefficient (Wildman–Crippen LogP) is 3.49. The molecule has 1 saturated heterocycles. The number of rotatable bonds is 3. The topological polar surface area (TPSA) is 40.8 Å². The van der Waals surface area contributed by atoms with E-state index in [4.69, 9.17) is 11.6 Å². The molecule has 0 unspecified atom stereocenters. The van der Waals surface area contributed by atoms with E-state index >= 15 is 0 Å². The summed E-state index contributed by atoms with van der Waals surface area (Å²) in [6.07, 6.45) is 2.92. The van der Waals surface area contributed by atoms with Crippen LogP contribution in [0.5, 0.6) is 0 Å². The summed E-state index contributed by atoms with van der Waals surface area (Å²) in [5.41, 5.74) is 2.34. The number of fused-ring (bicyclic) bond motifs is 1. The summed E-state index contributed by atoms with van der Waals surface area (Å²) in [6.45, 7) is 1.57. The molecule has 1 aliphatic heterocycles. The van der Waals surface area contributed by atoms with Crippen molar-refractivity contribution < 1.29 is 4.79 Å². The maximum Gasteiger partial charge on any atom is 0.271 e. The van der Waals surface area contributed by atoms with Crippen molar-refractivity contribution in [2.75, 3.05) is 27.2 Å². The first-order chi connectivity index (χ1) is 12.0. The number of imidazole rings is 1. The van der Waals surface area contributed by atoms with Crippen molar-refractivity contribution >= 4 is 33.8 Å². The molecule has 1 atom stereocenters. The number of aromatic nitrogens is 2. The van der Waals surface area contributed by atoms with E-state index in [-0.39, 0.29) is 5.91 Å². The summed E-state index contributed by atoms with van der Waals surface area (Å²) in [7, 11) is 4.13. The summed E-state index contributed by atoms with van der Waals surface area (Å²) in [5.74, 6) is 0.0682. The lowest BCUT2D eigenvalue weighted by Crippen LogP contribution is -2.34. The quantitative estimate of drug-likeness (QED) is 0.704. The fourth-order valence-electron chi connectivity index (χ4n) is 3.25. The average Bonchev–Trinajstić information content (AvgIpc) is 3.30. The van der Waals surface area contributed by atoms with Crippen LogP contribution in [0.3, 0.4) is 0 Å². The van der Waals surface area contributed by atoms with Gasteiger partial charge in [0.05, 0.1) is 10.7 Å². The molecule has 0 saturated carbocycles. The maximum atomic E-state index is 12.9. The van der Waals surface area contributed by atoms with Gasteiger partial charge in [-0.3, -0.25) is 9.20 Å². The third-order valence-corrected chi connectivity index (χ3v) is 5.93.